The zero-order valence-corrected chi connectivity index (χ0v) is 14.0. The molecule has 0 aromatic heterocycles. The molecule has 146 valence electrons. The fourth-order valence-electron chi connectivity index (χ4n) is 3.61. The van der Waals surface area contributed by atoms with Crippen molar-refractivity contribution in [3.05, 3.63) is 33.9 Å². The van der Waals surface area contributed by atoms with Gasteiger partial charge in [-0.3, -0.25) is 24.6 Å². The standard InChI is InChI=1S/C16H16F3N3O5/c17-16(18,19)12-7-20(6-11(12)15(24)25)8-14(23)21-4-3-9-1-2-10(22(26)27)5-13(9)21/h1-2,5,11-12H,3-4,6-8H2,(H,24,25)/t11-,12-/m1/s1. The average molecular weight is 387 g/mol. The molecule has 1 amide bonds. The summed E-state index contributed by atoms with van der Waals surface area (Å²) in [4.78, 5) is 36.5. The summed E-state index contributed by atoms with van der Waals surface area (Å²) in [6, 6.07) is 4.15. The van der Waals surface area contributed by atoms with Gasteiger partial charge in [0.05, 0.1) is 29.0 Å². The van der Waals surface area contributed by atoms with E-state index in [-0.39, 0.29) is 25.3 Å². The van der Waals surface area contributed by atoms with Crippen LogP contribution in [0.1, 0.15) is 5.56 Å². The smallest absolute Gasteiger partial charge is 0.393 e. The zero-order chi connectivity index (χ0) is 19.9. The minimum atomic E-state index is -4.66. The Bertz CT molecular complexity index is 798. The number of alkyl halides is 3. The maximum atomic E-state index is 13.1. The SMILES string of the molecule is O=C(O)[C@@H]1CN(CC(=O)N2CCc3ccc([N+](=O)[O-])cc32)C[C@H]1C(F)(F)F. The van der Waals surface area contributed by atoms with Crippen molar-refractivity contribution in [1.82, 2.24) is 4.90 Å². The number of likely N-dealkylation sites (tertiary alicyclic amines) is 1. The van der Waals surface area contributed by atoms with Crippen LogP contribution < -0.4 is 4.90 Å². The third-order valence-electron chi connectivity index (χ3n) is 4.97. The van der Waals surface area contributed by atoms with E-state index in [1.807, 2.05) is 0 Å². The van der Waals surface area contributed by atoms with E-state index in [1.165, 1.54) is 21.9 Å². The molecule has 0 radical (unpaired) electrons. The summed E-state index contributed by atoms with van der Waals surface area (Å²) >= 11 is 0. The summed E-state index contributed by atoms with van der Waals surface area (Å²) in [5, 5.41) is 20.0. The Morgan fingerprint density at radius 3 is 2.56 bits per heavy atom. The van der Waals surface area contributed by atoms with Gasteiger partial charge in [-0.15, -0.1) is 0 Å². The number of benzene rings is 1. The third-order valence-corrected chi connectivity index (χ3v) is 4.97. The van der Waals surface area contributed by atoms with Gasteiger partial charge < -0.3 is 10.0 Å². The minimum absolute atomic E-state index is 0.183. The number of non-ortho nitro benzene ring substituents is 1. The van der Waals surface area contributed by atoms with E-state index < -0.39 is 41.4 Å². The number of fused-ring (bicyclic) bond motifs is 1. The van der Waals surface area contributed by atoms with Crippen molar-refractivity contribution in [2.24, 2.45) is 11.8 Å². The van der Waals surface area contributed by atoms with E-state index in [4.69, 9.17) is 5.11 Å². The molecule has 2 aliphatic heterocycles. The van der Waals surface area contributed by atoms with Crippen molar-refractivity contribution >= 4 is 23.3 Å². The van der Waals surface area contributed by atoms with Crippen molar-refractivity contribution in [3.63, 3.8) is 0 Å². The number of amides is 1. The van der Waals surface area contributed by atoms with Gasteiger partial charge in [-0.25, -0.2) is 0 Å². The highest BCUT2D eigenvalue weighted by molar-refractivity contribution is 5.97. The second-order valence-corrected chi connectivity index (χ2v) is 6.65. The summed E-state index contributed by atoms with van der Waals surface area (Å²) < 4.78 is 39.2. The van der Waals surface area contributed by atoms with Crippen LogP contribution in [0.4, 0.5) is 24.5 Å². The van der Waals surface area contributed by atoms with Crippen LogP contribution in [-0.2, 0) is 16.0 Å². The molecule has 1 aromatic rings. The number of nitrogens with zero attached hydrogens (tertiary/aromatic N) is 3. The Kier molecular flexibility index (Phi) is 4.81. The molecule has 2 atom stereocenters. The quantitative estimate of drug-likeness (QED) is 0.623. The van der Waals surface area contributed by atoms with Gasteiger partial charge in [-0.05, 0) is 12.0 Å². The van der Waals surface area contributed by atoms with Gasteiger partial charge in [-0.2, -0.15) is 13.2 Å². The molecule has 0 unspecified atom stereocenters. The van der Waals surface area contributed by atoms with Crippen molar-refractivity contribution in [3.8, 4) is 0 Å². The van der Waals surface area contributed by atoms with Gasteiger partial charge in [-0.1, -0.05) is 6.07 Å². The Morgan fingerprint density at radius 1 is 1.30 bits per heavy atom. The Labute approximate surface area is 151 Å². The monoisotopic (exact) mass is 387 g/mol. The van der Waals surface area contributed by atoms with E-state index in [1.54, 1.807) is 6.07 Å². The number of carboxylic acids is 1. The summed E-state index contributed by atoms with van der Waals surface area (Å²) in [7, 11) is 0. The summed E-state index contributed by atoms with van der Waals surface area (Å²) in [5.74, 6) is -5.71. The van der Waals surface area contributed by atoms with Crippen molar-refractivity contribution in [1.29, 1.82) is 0 Å². The fraction of sp³-hybridized carbons (Fsp3) is 0.500. The predicted octanol–water partition coefficient (Wildman–Crippen LogP) is 1.68. The lowest BCUT2D eigenvalue weighted by atomic mass is 9.96. The van der Waals surface area contributed by atoms with Gasteiger partial charge in [0.25, 0.3) is 5.69 Å². The summed E-state index contributed by atoms with van der Waals surface area (Å²) in [5.41, 5.74) is 0.931. The first-order valence-electron chi connectivity index (χ1n) is 8.17. The molecule has 2 heterocycles. The number of carbonyl (C=O) groups is 2. The van der Waals surface area contributed by atoms with Crippen LogP contribution in [0.5, 0.6) is 0 Å². The van der Waals surface area contributed by atoms with Crippen LogP contribution in [0, 0.1) is 22.0 Å². The van der Waals surface area contributed by atoms with Crippen LogP contribution in [0.25, 0.3) is 0 Å². The number of halogens is 3. The highest BCUT2D eigenvalue weighted by atomic mass is 19.4. The number of nitro groups is 1. The molecule has 27 heavy (non-hydrogen) atoms. The lowest BCUT2D eigenvalue weighted by molar-refractivity contribution is -0.384. The molecule has 8 nitrogen and oxygen atoms in total. The topological polar surface area (TPSA) is 104 Å². The fourth-order valence-corrected chi connectivity index (χ4v) is 3.61. The van der Waals surface area contributed by atoms with E-state index in [9.17, 15) is 32.9 Å². The maximum absolute atomic E-state index is 13.1. The zero-order valence-electron chi connectivity index (χ0n) is 14.0. The second kappa shape index (κ2) is 6.80. The van der Waals surface area contributed by atoms with Gasteiger partial charge >= 0.3 is 12.1 Å². The largest absolute Gasteiger partial charge is 0.481 e. The van der Waals surface area contributed by atoms with Crippen molar-refractivity contribution in [2.45, 2.75) is 12.6 Å². The van der Waals surface area contributed by atoms with Crippen LogP contribution >= 0.6 is 0 Å². The van der Waals surface area contributed by atoms with Crippen LogP contribution in [0.3, 0.4) is 0 Å². The molecule has 0 aliphatic carbocycles. The first-order chi connectivity index (χ1) is 12.6. The number of anilines is 1. The molecular formula is C16H16F3N3O5. The molecular weight excluding hydrogens is 371 g/mol. The van der Waals surface area contributed by atoms with Crippen molar-refractivity contribution in [2.75, 3.05) is 31.1 Å². The predicted molar refractivity (Wildman–Crippen MR) is 86.3 cm³/mol. The summed E-state index contributed by atoms with van der Waals surface area (Å²) in [6.45, 7) is -1.05. The Morgan fingerprint density at radius 2 is 2.00 bits per heavy atom. The molecule has 1 N–H and O–H groups in total. The van der Waals surface area contributed by atoms with E-state index in [0.717, 1.165) is 5.56 Å². The molecule has 1 saturated heterocycles. The van der Waals surface area contributed by atoms with Crippen LogP contribution in [0.15, 0.2) is 18.2 Å². The molecule has 0 spiro atoms. The molecule has 0 bridgehead atoms. The van der Waals surface area contributed by atoms with Gasteiger partial charge in [0.1, 0.15) is 0 Å². The number of carboxylic acid groups (broad SMARTS) is 1. The molecule has 3 rings (SSSR count). The Balaban J connectivity index is 1.73. The third kappa shape index (κ3) is 3.72. The van der Waals surface area contributed by atoms with E-state index in [2.05, 4.69) is 0 Å². The first kappa shape index (κ1) is 19.1. The molecule has 1 aromatic carbocycles. The van der Waals surface area contributed by atoms with Crippen molar-refractivity contribution < 1.29 is 32.8 Å². The number of carbonyl (C=O) groups excluding carboxylic acids is 1. The van der Waals surface area contributed by atoms with Gasteiger partial charge in [0.15, 0.2) is 0 Å². The van der Waals surface area contributed by atoms with Crippen LogP contribution in [-0.4, -0.2) is 59.2 Å². The van der Waals surface area contributed by atoms with E-state index in [0.29, 0.717) is 12.1 Å². The molecule has 11 heteroatoms. The second-order valence-electron chi connectivity index (χ2n) is 6.65. The van der Waals surface area contributed by atoms with Gasteiger partial charge in [0.2, 0.25) is 5.91 Å². The van der Waals surface area contributed by atoms with E-state index >= 15 is 0 Å². The normalized spacial score (nSPS) is 22.7. The number of nitro benzene ring substituents is 1. The highest BCUT2D eigenvalue weighted by Crippen LogP contribution is 2.38. The number of aliphatic carboxylic acids is 1. The lowest BCUT2D eigenvalue weighted by Crippen LogP contribution is -2.39. The average Bonchev–Trinajstić information content (AvgIpc) is 3.17. The van der Waals surface area contributed by atoms with Crippen LogP contribution in [0.2, 0.25) is 0 Å². The molecule has 1 fully saturated rings. The summed E-state index contributed by atoms with van der Waals surface area (Å²) in [6.07, 6.45) is -4.18. The minimum Gasteiger partial charge on any atom is -0.481 e. The molecule has 0 saturated carbocycles. The number of rotatable bonds is 4. The highest BCUT2D eigenvalue weighted by Gasteiger charge is 2.52. The lowest BCUT2D eigenvalue weighted by Gasteiger charge is -2.22. The maximum Gasteiger partial charge on any atom is 0.393 e. The number of hydrogen-bond acceptors (Lipinski definition) is 5. The van der Waals surface area contributed by atoms with Gasteiger partial charge in [0, 0.05) is 31.8 Å². The Hall–Kier alpha value is -2.69. The number of hydrogen-bond donors (Lipinski definition) is 1. The molecule has 2 aliphatic rings. The first-order valence-corrected chi connectivity index (χ1v) is 8.17.